The van der Waals surface area contributed by atoms with Crippen LogP contribution in [0.2, 0.25) is 0 Å². The molecule has 1 unspecified atom stereocenters. The van der Waals surface area contributed by atoms with E-state index in [1.165, 1.54) is 23.1 Å². The molecule has 24 heavy (non-hydrogen) atoms. The second-order valence-electron chi connectivity index (χ2n) is 5.14. The van der Waals surface area contributed by atoms with E-state index in [9.17, 15) is 9.59 Å². The van der Waals surface area contributed by atoms with Crippen LogP contribution in [-0.2, 0) is 4.79 Å². The summed E-state index contributed by atoms with van der Waals surface area (Å²) in [6.07, 6.45) is 0. The Morgan fingerprint density at radius 3 is 2.62 bits per heavy atom. The van der Waals surface area contributed by atoms with E-state index in [1.54, 1.807) is 14.0 Å². The second kappa shape index (κ2) is 8.11. The average molecular weight is 365 g/mol. The summed E-state index contributed by atoms with van der Waals surface area (Å²) in [5.74, 6) is -0.386. The monoisotopic (exact) mass is 365 g/mol. The van der Waals surface area contributed by atoms with Gasteiger partial charge in [0.15, 0.2) is 4.34 Å². The topological polar surface area (TPSA) is 96.0 Å². The van der Waals surface area contributed by atoms with Crippen LogP contribution in [-0.4, -0.2) is 34.4 Å². The summed E-state index contributed by atoms with van der Waals surface area (Å²) in [7, 11) is 1.75. The SMILES string of the molecule is CNc1nnc(SC(C)C(=O)NC(=O)Nc2ccc(C)cc2C)s1. The summed E-state index contributed by atoms with van der Waals surface area (Å²) in [6.45, 7) is 5.59. The lowest BCUT2D eigenvalue weighted by Gasteiger charge is -2.12. The molecule has 0 fully saturated rings. The van der Waals surface area contributed by atoms with Gasteiger partial charge in [0, 0.05) is 12.7 Å². The molecule has 7 nitrogen and oxygen atoms in total. The molecule has 0 bridgehead atoms. The first-order valence-corrected chi connectivity index (χ1v) is 8.95. The van der Waals surface area contributed by atoms with Gasteiger partial charge in [-0.3, -0.25) is 10.1 Å². The molecule has 3 amide bonds. The van der Waals surface area contributed by atoms with Crippen LogP contribution in [0.4, 0.5) is 15.6 Å². The normalized spacial score (nSPS) is 11.7. The molecule has 1 atom stereocenters. The predicted octanol–water partition coefficient (Wildman–Crippen LogP) is 3.03. The third-order valence-corrected chi connectivity index (χ3v) is 5.26. The minimum absolute atomic E-state index is 0.386. The van der Waals surface area contributed by atoms with Crippen molar-refractivity contribution in [1.82, 2.24) is 15.5 Å². The van der Waals surface area contributed by atoms with Crippen LogP contribution in [0.5, 0.6) is 0 Å². The lowest BCUT2D eigenvalue weighted by Crippen LogP contribution is -2.39. The van der Waals surface area contributed by atoms with Gasteiger partial charge in [0.2, 0.25) is 11.0 Å². The van der Waals surface area contributed by atoms with Crippen molar-refractivity contribution in [2.24, 2.45) is 0 Å². The molecular formula is C15H19N5O2S2. The summed E-state index contributed by atoms with van der Waals surface area (Å²) < 4.78 is 0.664. The summed E-state index contributed by atoms with van der Waals surface area (Å²) in [5.41, 5.74) is 2.72. The first kappa shape index (κ1) is 18.2. The van der Waals surface area contributed by atoms with Crippen LogP contribution in [0.3, 0.4) is 0 Å². The number of nitrogens with zero attached hydrogens (tertiary/aromatic N) is 2. The third kappa shape index (κ3) is 4.93. The molecule has 9 heteroatoms. The third-order valence-electron chi connectivity index (χ3n) is 3.13. The van der Waals surface area contributed by atoms with Gasteiger partial charge in [-0.15, -0.1) is 10.2 Å². The zero-order valence-corrected chi connectivity index (χ0v) is 15.5. The Hall–Kier alpha value is -2.13. The van der Waals surface area contributed by atoms with Gasteiger partial charge in [-0.1, -0.05) is 40.8 Å². The number of imide groups is 1. The van der Waals surface area contributed by atoms with Crippen molar-refractivity contribution in [3.63, 3.8) is 0 Å². The smallest absolute Gasteiger partial charge is 0.325 e. The van der Waals surface area contributed by atoms with Gasteiger partial charge in [0.05, 0.1) is 5.25 Å². The Bertz CT molecular complexity index is 747. The van der Waals surface area contributed by atoms with Crippen molar-refractivity contribution in [3.05, 3.63) is 29.3 Å². The van der Waals surface area contributed by atoms with Gasteiger partial charge < -0.3 is 10.6 Å². The van der Waals surface area contributed by atoms with Crippen molar-refractivity contribution in [1.29, 1.82) is 0 Å². The number of urea groups is 1. The number of anilines is 2. The molecule has 1 heterocycles. The van der Waals surface area contributed by atoms with Gasteiger partial charge in [0.1, 0.15) is 0 Å². The highest BCUT2D eigenvalue weighted by atomic mass is 32.2. The highest BCUT2D eigenvalue weighted by Gasteiger charge is 2.19. The molecule has 2 rings (SSSR count). The molecule has 0 spiro atoms. The van der Waals surface area contributed by atoms with Crippen LogP contribution in [0, 0.1) is 13.8 Å². The molecular weight excluding hydrogens is 346 g/mol. The van der Waals surface area contributed by atoms with Crippen LogP contribution in [0.25, 0.3) is 0 Å². The first-order valence-electron chi connectivity index (χ1n) is 7.26. The quantitative estimate of drug-likeness (QED) is 0.705. The minimum atomic E-state index is -0.549. The molecule has 0 aliphatic carbocycles. The van der Waals surface area contributed by atoms with Gasteiger partial charge in [0.25, 0.3) is 0 Å². The highest BCUT2D eigenvalue weighted by molar-refractivity contribution is 8.02. The lowest BCUT2D eigenvalue weighted by molar-refractivity contribution is -0.119. The van der Waals surface area contributed by atoms with Gasteiger partial charge in [-0.2, -0.15) is 0 Å². The van der Waals surface area contributed by atoms with Crippen LogP contribution < -0.4 is 16.0 Å². The van der Waals surface area contributed by atoms with Crippen molar-refractivity contribution in [2.75, 3.05) is 17.7 Å². The number of hydrogen-bond donors (Lipinski definition) is 3. The summed E-state index contributed by atoms with van der Waals surface area (Å²) >= 11 is 2.61. The number of thioether (sulfide) groups is 1. The van der Waals surface area contributed by atoms with Crippen molar-refractivity contribution in [3.8, 4) is 0 Å². The number of carbonyl (C=O) groups is 2. The maximum atomic E-state index is 12.1. The van der Waals surface area contributed by atoms with E-state index < -0.39 is 11.3 Å². The number of benzene rings is 1. The highest BCUT2D eigenvalue weighted by Crippen LogP contribution is 2.28. The Morgan fingerprint density at radius 1 is 1.25 bits per heavy atom. The molecule has 0 aliphatic heterocycles. The molecule has 1 aromatic heterocycles. The molecule has 0 aliphatic rings. The van der Waals surface area contributed by atoms with E-state index in [1.807, 2.05) is 32.0 Å². The van der Waals surface area contributed by atoms with E-state index in [2.05, 4.69) is 26.1 Å². The Morgan fingerprint density at radius 2 is 2.00 bits per heavy atom. The van der Waals surface area contributed by atoms with Gasteiger partial charge >= 0.3 is 6.03 Å². The molecule has 0 radical (unpaired) electrons. The van der Waals surface area contributed by atoms with Crippen LogP contribution in [0.1, 0.15) is 18.1 Å². The van der Waals surface area contributed by atoms with Crippen molar-refractivity contribution < 1.29 is 9.59 Å². The fourth-order valence-electron chi connectivity index (χ4n) is 1.88. The largest absolute Gasteiger partial charge is 0.363 e. The Balaban J connectivity index is 1.89. The van der Waals surface area contributed by atoms with E-state index in [0.717, 1.165) is 11.1 Å². The fraction of sp³-hybridized carbons (Fsp3) is 0.333. The Kier molecular flexibility index (Phi) is 6.16. The molecule has 128 valence electrons. The van der Waals surface area contributed by atoms with Crippen molar-refractivity contribution in [2.45, 2.75) is 30.4 Å². The van der Waals surface area contributed by atoms with E-state index >= 15 is 0 Å². The number of hydrogen-bond acceptors (Lipinski definition) is 7. The van der Waals surface area contributed by atoms with Gasteiger partial charge in [-0.25, -0.2) is 4.79 Å². The summed E-state index contributed by atoms with van der Waals surface area (Å²) in [5, 5.41) is 16.0. The average Bonchev–Trinajstić information content (AvgIpc) is 2.97. The molecule has 3 N–H and O–H groups in total. The number of rotatable bonds is 5. The second-order valence-corrected chi connectivity index (χ2v) is 7.71. The maximum absolute atomic E-state index is 12.1. The number of amides is 3. The standard InChI is InChI=1S/C15H19N5O2S2/c1-8-5-6-11(9(2)7-8)17-13(22)18-12(21)10(3)23-15-20-19-14(16-4)24-15/h5-7,10H,1-4H3,(H,16,19)(H2,17,18,21,22). The number of carbonyl (C=O) groups excluding carboxylic acids is 2. The number of aromatic nitrogens is 2. The number of aryl methyl sites for hydroxylation is 2. The molecule has 0 saturated carbocycles. The zero-order chi connectivity index (χ0) is 17.7. The lowest BCUT2D eigenvalue weighted by atomic mass is 10.1. The number of nitrogens with one attached hydrogen (secondary N) is 3. The first-order chi connectivity index (χ1) is 11.4. The van der Waals surface area contributed by atoms with Crippen LogP contribution >= 0.6 is 23.1 Å². The zero-order valence-electron chi connectivity index (χ0n) is 13.8. The molecule has 2 aromatic rings. The maximum Gasteiger partial charge on any atom is 0.325 e. The van der Waals surface area contributed by atoms with E-state index in [-0.39, 0.29) is 5.91 Å². The minimum Gasteiger partial charge on any atom is -0.363 e. The van der Waals surface area contributed by atoms with Crippen LogP contribution in [0.15, 0.2) is 22.5 Å². The fourth-order valence-corrected chi connectivity index (χ4v) is 3.73. The van der Waals surface area contributed by atoms with E-state index in [4.69, 9.17) is 0 Å². The summed E-state index contributed by atoms with van der Waals surface area (Å²) in [4.78, 5) is 24.1. The summed E-state index contributed by atoms with van der Waals surface area (Å²) in [6, 6.07) is 5.13. The predicted molar refractivity (Wildman–Crippen MR) is 97.9 cm³/mol. The van der Waals surface area contributed by atoms with Crippen molar-refractivity contribution >= 4 is 45.9 Å². The van der Waals surface area contributed by atoms with Gasteiger partial charge in [-0.05, 0) is 32.4 Å². The Labute approximate surface area is 148 Å². The molecule has 1 aromatic carbocycles. The molecule has 0 saturated heterocycles. The van der Waals surface area contributed by atoms with E-state index in [0.29, 0.717) is 15.2 Å².